The van der Waals surface area contributed by atoms with Crippen LogP contribution >= 0.6 is 0 Å². The number of amides is 2. The topological polar surface area (TPSA) is 87.3 Å². The van der Waals surface area contributed by atoms with E-state index in [-0.39, 0.29) is 23.8 Å². The summed E-state index contributed by atoms with van der Waals surface area (Å²) in [5, 5.41) is 10.2. The number of rotatable bonds is 2. The Bertz CT molecular complexity index is 944. The van der Waals surface area contributed by atoms with Crippen LogP contribution in [0, 0.1) is 11.3 Å². The quantitative estimate of drug-likeness (QED) is 0.817. The summed E-state index contributed by atoms with van der Waals surface area (Å²) in [7, 11) is 1.69. The number of hydrogen-bond acceptors (Lipinski definition) is 4. The first-order chi connectivity index (χ1) is 13.8. The number of carbonyl (C=O) groups is 2. The van der Waals surface area contributed by atoms with Crippen molar-refractivity contribution in [2.24, 2.45) is 11.3 Å². The van der Waals surface area contributed by atoms with Crippen molar-refractivity contribution in [2.45, 2.75) is 46.1 Å². The molecule has 2 amide bonds. The lowest BCUT2D eigenvalue weighted by Crippen LogP contribution is -2.49. The number of aromatic amines is 1. The highest BCUT2D eigenvalue weighted by molar-refractivity contribution is 6.03. The summed E-state index contributed by atoms with van der Waals surface area (Å²) in [5.74, 6) is 0.575. The molecule has 29 heavy (non-hydrogen) atoms. The fourth-order valence-corrected chi connectivity index (χ4v) is 4.21. The summed E-state index contributed by atoms with van der Waals surface area (Å²) in [6.45, 7) is 6.79. The average molecular weight is 396 g/mol. The number of ether oxygens (including phenoxy) is 1. The van der Waals surface area contributed by atoms with E-state index >= 15 is 0 Å². The molecule has 0 spiro atoms. The average Bonchev–Trinajstić information content (AvgIpc) is 3.08. The number of anilines is 1. The van der Waals surface area contributed by atoms with Crippen molar-refractivity contribution in [3.63, 3.8) is 0 Å². The van der Waals surface area contributed by atoms with Crippen LogP contribution in [-0.2, 0) is 17.6 Å². The number of carbonyl (C=O) groups excluding carboxylic acids is 2. The Hall–Kier alpha value is -2.83. The molecular formula is C22H28N4O3. The Morgan fingerprint density at radius 1 is 1.31 bits per heavy atom. The zero-order chi connectivity index (χ0) is 20.8. The van der Waals surface area contributed by atoms with Gasteiger partial charge in [-0.05, 0) is 42.7 Å². The predicted octanol–water partition coefficient (Wildman–Crippen LogP) is 2.71. The zero-order valence-electron chi connectivity index (χ0n) is 17.4. The van der Waals surface area contributed by atoms with Crippen LogP contribution in [0.1, 0.15) is 48.9 Å². The van der Waals surface area contributed by atoms with Crippen molar-refractivity contribution in [1.82, 2.24) is 15.5 Å². The number of nitrogens with zero attached hydrogens (tertiary/aromatic N) is 2. The Balaban J connectivity index is 1.53. The van der Waals surface area contributed by atoms with Crippen LogP contribution in [-0.4, -0.2) is 41.7 Å². The van der Waals surface area contributed by atoms with E-state index in [0.717, 1.165) is 30.5 Å². The summed E-state index contributed by atoms with van der Waals surface area (Å²) in [5.41, 5.74) is 3.27. The molecule has 1 unspecified atom stereocenters. The van der Waals surface area contributed by atoms with Crippen molar-refractivity contribution in [3.05, 3.63) is 41.2 Å². The van der Waals surface area contributed by atoms with Crippen molar-refractivity contribution in [1.29, 1.82) is 0 Å². The van der Waals surface area contributed by atoms with Crippen LogP contribution in [0.25, 0.3) is 0 Å². The second kappa shape index (κ2) is 7.21. The molecule has 0 fully saturated rings. The predicted molar refractivity (Wildman–Crippen MR) is 110 cm³/mol. The van der Waals surface area contributed by atoms with Gasteiger partial charge in [-0.1, -0.05) is 32.9 Å². The third-order valence-electron chi connectivity index (χ3n) is 6.15. The van der Waals surface area contributed by atoms with Gasteiger partial charge in [0.25, 0.3) is 11.8 Å². The standard InChI is InChI=1S/C22H28N4O3/c1-22(2,3)13-9-10-15-14(11-13)19(25-24-15)20(27)23-16-12-29-18-8-6-5-7-17(18)26(4)21(16)28/h5-8,13,16H,9-12H2,1-4H3,(H,23,27)(H,24,25)/t13?,16-/m0/s1. The number of fused-ring (bicyclic) bond motifs is 2. The fraction of sp³-hybridized carbons (Fsp3) is 0.500. The molecule has 2 N–H and O–H groups in total. The van der Waals surface area contributed by atoms with E-state index in [4.69, 9.17) is 4.74 Å². The number of para-hydroxylation sites is 2. The molecule has 0 radical (unpaired) electrons. The van der Waals surface area contributed by atoms with Crippen LogP contribution < -0.4 is 15.0 Å². The van der Waals surface area contributed by atoms with Gasteiger partial charge in [-0.25, -0.2) is 0 Å². The minimum atomic E-state index is -0.769. The van der Waals surface area contributed by atoms with Gasteiger partial charge in [0, 0.05) is 18.3 Å². The fourth-order valence-electron chi connectivity index (χ4n) is 4.21. The summed E-state index contributed by atoms with van der Waals surface area (Å²) < 4.78 is 5.79. The van der Waals surface area contributed by atoms with E-state index in [2.05, 4.69) is 36.3 Å². The highest BCUT2D eigenvalue weighted by Crippen LogP contribution is 2.37. The number of hydrogen-bond donors (Lipinski definition) is 2. The van der Waals surface area contributed by atoms with Gasteiger partial charge in [-0.3, -0.25) is 14.7 Å². The van der Waals surface area contributed by atoms with Crippen molar-refractivity contribution >= 4 is 17.5 Å². The Labute approximate surface area is 170 Å². The third kappa shape index (κ3) is 3.61. The Kier molecular flexibility index (Phi) is 4.84. The van der Waals surface area contributed by atoms with E-state index in [0.29, 0.717) is 23.0 Å². The first-order valence-corrected chi connectivity index (χ1v) is 10.1. The number of likely N-dealkylation sites (N-methyl/N-ethyl adjacent to an activating group) is 1. The minimum Gasteiger partial charge on any atom is -0.489 e. The van der Waals surface area contributed by atoms with Gasteiger partial charge in [-0.2, -0.15) is 5.10 Å². The van der Waals surface area contributed by atoms with E-state index in [1.165, 1.54) is 4.90 Å². The molecule has 7 nitrogen and oxygen atoms in total. The smallest absolute Gasteiger partial charge is 0.272 e. The molecule has 0 saturated heterocycles. The normalized spacial score (nSPS) is 21.7. The molecule has 2 aromatic rings. The van der Waals surface area contributed by atoms with Crippen LogP contribution in [0.2, 0.25) is 0 Å². The molecular weight excluding hydrogens is 368 g/mol. The maximum Gasteiger partial charge on any atom is 0.272 e. The van der Waals surface area contributed by atoms with Crippen molar-refractivity contribution in [3.8, 4) is 5.75 Å². The molecule has 0 saturated carbocycles. The zero-order valence-corrected chi connectivity index (χ0v) is 17.4. The molecule has 1 aliphatic heterocycles. The van der Waals surface area contributed by atoms with Gasteiger partial charge in [0.05, 0.1) is 5.69 Å². The van der Waals surface area contributed by atoms with Crippen molar-refractivity contribution < 1.29 is 14.3 Å². The van der Waals surface area contributed by atoms with Gasteiger partial charge >= 0.3 is 0 Å². The number of benzene rings is 1. The lowest BCUT2D eigenvalue weighted by atomic mass is 9.71. The second-order valence-corrected chi connectivity index (χ2v) is 9.04. The molecule has 4 rings (SSSR count). The number of nitrogens with one attached hydrogen (secondary N) is 2. The van der Waals surface area contributed by atoms with E-state index in [1.807, 2.05) is 24.3 Å². The molecule has 7 heteroatoms. The van der Waals surface area contributed by atoms with Crippen LogP contribution in [0.5, 0.6) is 5.75 Å². The van der Waals surface area contributed by atoms with Gasteiger partial charge < -0.3 is 15.0 Å². The molecule has 2 atom stereocenters. The Morgan fingerprint density at radius 2 is 2.07 bits per heavy atom. The largest absolute Gasteiger partial charge is 0.489 e. The van der Waals surface area contributed by atoms with Crippen LogP contribution in [0.15, 0.2) is 24.3 Å². The minimum absolute atomic E-state index is 0.0865. The molecule has 1 aliphatic carbocycles. The third-order valence-corrected chi connectivity index (χ3v) is 6.15. The number of H-pyrrole nitrogens is 1. The Morgan fingerprint density at radius 3 is 2.83 bits per heavy atom. The van der Waals surface area contributed by atoms with Crippen molar-refractivity contribution in [2.75, 3.05) is 18.6 Å². The molecule has 0 bridgehead atoms. The van der Waals surface area contributed by atoms with Gasteiger partial charge in [-0.15, -0.1) is 0 Å². The number of aromatic nitrogens is 2. The molecule has 2 aliphatic rings. The first kappa shape index (κ1) is 19.5. The monoisotopic (exact) mass is 396 g/mol. The van der Waals surface area contributed by atoms with E-state index in [1.54, 1.807) is 7.05 Å². The maximum absolute atomic E-state index is 13.0. The van der Waals surface area contributed by atoms with E-state index < -0.39 is 6.04 Å². The highest BCUT2D eigenvalue weighted by Gasteiger charge is 2.35. The summed E-state index contributed by atoms with van der Waals surface area (Å²) in [6, 6.07) is 6.59. The van der Waals surface area contributed by atoms with E-state index in [9.17, 15) is 9.59 Å². The molecule has 1 aromatic carbocycles. The number of aryl methyl sites for hydroxylation is 1. The lowest BCUT2D eigenvalue weighted by molar-refractivity contribution is -0.120. The first-order valence-electron chi connectivity index (χ1n) is 10.1. The second-order valence-electron chi connectivity index (χ2n) is 9.04. The molecule has 154 valence electrons. The van der Waals surface area contributed by atoms with Gasteiger partial charge in [0.15, 0.2) is 5.69 Å². The SMILES string of the molecule is CN1C(=O)[C@@H](NC(=O)c2n[nH]c3c2CC(C(C)(C)C)CC3)COc2ccccc21. The summed E-state index contributed by atoms with van der Waals surface area (Å²) in [4.78, 5) is 27.4. The van der Waals surface area contributed by atoms with Crippen LogP contribution in [0.3, 0.4) is 0 Å². The molecule has 2 heterocycles. The highest BCUT2D eigenvalue weighted by atomic mass is 16.5. The maximum atomic E-state index is 13.0. The van der Waals surface area contributed by atoms with Crippen LogP contribution in [0.4, 0.5) is 5.69 Å². The van der Waals surface area contributed by atoms with Gasteiger partial charge in [0.1, 0.15) is 18.4 Å². The van der Waals surface area contributed by atoms with Gasteiger partial charge in [0.2, 0.25) is 0 Å². The lowest BCUT2D eigenvalue weighted by Gasteiger charge is -2.33. The summed E-state index contributed by atoms with van der Waals surface area (Å²) in [6.07, 6.45) is 2.79. The molecule has 1 aromatic heterocycles. The summed E-state index contributed by atoms with van der Waals surface area (Å²) >= 11 is 0.